The lowest BCUT2D eigenvalue weighted by molar-refractivity contribution is 0.700. The van der Waals surface area contributed by atoms with E-state index < -0.39 is 0 Å². The second-order valence-electron chi connectivity index (χ2n) is 6.05. The predicted octanol–water partition coefficient (Wildman–Crippen LogP) is 4.86. The van der Waals surface area contributed by atoms with E-state index in [2.05, 4.69) is 46.2 Å². The Hall–Kier alpha value is -1.65. The highest BCUT2D eigenvalue weighted by molar-refractivity contribution is 7.19. The molecule has 0 fully saturated rings. The Bertz CT molecular complexity index is 844. The van der Waals surface area contributed by atoms with Crippen molar-refractivity contribution in [1.29, 1.82) is 0 Å². The van der Waals surface area contributed by atoms with Gasteiger partial charge in [0, 0.05) is 18.5 Å². The van der Waals surface area contributed by atoms with Crippen LogP contribution in [0.25, 0.3) is 10.2 Å². The molecule has 2 heterocycles. The molecule has 0 N–H and O–H groups in total. The molecular formula is C18H18ClN3S. The van der Waals surface area contributed by atoms with Gasteiger partial charge in [0.15, 0.2) is 0 Å². The van der Waals surface area contributed by atoms with Crippen LogP contribution in [0.15, 0.2) is 30.3 Å². The van der Waals surface area contributed by atoms with Crippen molar-refractivity contribution in [3.63, 3.8) is 0 Å². The summed E-state index contributed by atoms with van der Waals surface area (Å²) in [5.41, 5.74) is 2.71. The molecule has 0 amide bonds. The van der Waals surface area contributed by atoms with E-state index in [4.69, 9.17) is 11.6 Å². The fourth-order valence-corrected chi connectivity index (χ4v) is 4.79. The highest BCUT2D eigenvalue weighted by Gasteiger charge is 2.22. The van der Waals surface area contributed by atoms with Gasteiger partial charge in [0.05, 0.1) is 5.39 Å². The summed E-state index contributed by atoms with van der Waals surface area (Å²) in [6, 6.07) is 10.5. The highest BCUT2D eigenvalue weighted by Crippen LogP contribution is 2.40. The van der Waals surface area contributed by atoms with Gasteiger partial charge in [0.2, 0.25) is 5.28 Å². The van der Waals surface area contributed by atoms with Crippen LogP contribution in [0.3, 0.4) is 0 Å². The van der Waals surface area contributed by atoms with Crippen molar-refractivity contribution in [2.24, 2.45) is 0 Å². The van der Waals surface area contributed by atoms with Gasteiger partial charge < -0.3 is 4.90 Å². The molecule has 118 valence electrons. The van der Waals surface area contributed by atoms with Gasteiger partial charge in [-0.3, -0.25) is 0 Å². The number of thiophene rings is 1. The lowest BCUT2D eigenvalue weighted by Crippen LogP contribution is -2.18. The lowest BCUT2D eigenvalue weighted by Gasteiger charge is -2.20. The third-order valence-corrected chi connectivity index (χ3v) is 5.75. The van der Waals surface area contributed by atoms with Gasteiger partial charge in [-0.05, 0) is 48.4 Å². The van der Waals surface area contributed by atoms with E-state index in [-0.39, 0.29) is 0 Å². The molecule has 0 saturated carbocycles. The average Bonchev–Trinajstić information content (AvgIpc) is 2.93. The number of aryl methyl sites for hydroxylation is 2. The zero-order valence-electron chi connectivity index (χ0n) is 13.1. The van der Waals surface area contributed by atoms with Crippen LogP contribution in [0.1, 0.15) is 28.8 Å². The Labute approximate surface area is 144 Å². The third-order valence-electron chi connectivity index (χ3n) is 4.39. The zero-order chi connectivity index (χ0) is 15.8. The first kappa shape index (κ1) is 14.9. The van der Waals surface area contributed by atoms with Gasteiger partial charge in [0.1, 0.15) is 10.6 Å². The van der Waals surface area contributed by atoms with Crippen LogP contribution in [0.4, 0.5) is 5.82 Å². The highest BCUT2D eigenvalue weighted by atomic mass is 35.5. The molecular weight excluding hydrogens is 326 g/mol. The van der Waals surface area contributed by atoms with Crippen molar-refractivity contribution in [2.75, 3.05) is 11.9 Å². The number of hydrogen-bond donors (Lipinski definition) is 0. The first-order valence-electron chi connectivity index (χ1n) is 7.95. The van der Waals surface area contributed by atoms with E-state index in [0.717, 1.165) is 30.0 Å². The van der Waals surface area contributed by atoms with Crippen molar-refractivity contribution in [3.05, 3.63) is 51.6 Å². The van der Waals surface area contributed by atoms with Crippen LogP contribution in [0.5, 0.6) is 0 Å². The van der Waals surface area contributed by atoms with Crippen LogP contribution >= 0.6 is 22.9 Å². The molecule has 0 radical (unpaired) electrons. The van der Waals surface area contributed by atoms with Crippen molar-refractivity contribution in [3.8, 4) is 0 Å². The van der Waals surface area contributed by atoms with Crippen molar-refractivity contribution in [1.82, 2.24) is 9.97 Å². The molecule has 1 aliphatic carbocycles. The van der Waals surface area contributed by atoms with E-state index in [1.54, 1.807) is 11.3 Å². The number of benzene rings is 1. The standard InChI is InChI=1S/C18H18ClN3S/c1-22(11-12-7-3-2-4-8-12)16-15-13-9-5-6-10-14(13)23-17(15)21-18(19)20-16/h2-4,7-8H,5-6,9-11H2,1H3. The number of aromatic nitrogens is 2. The van der Waals surface area contributed by atoms with Gasteiger partial charge in [-0.1, -0.05) is 30.3 Å². The van der Waals surface area contributed by atoms with Crippen LogP contribution in [0, 0.1) is 0 Å². The molecule has 2 aromatic heterocycles. The maximum absolute atomic E-state index is 6.19. The number of rotatable bonds is 3. The maximum atomic E-state index is 6.19. The fourth-order valence-electron chi connectivity index (χ4n) is 3.32. The Morgan fingerprint density at radius 2 is 1.91 bits per heavy atom. The molecule has 1 aliphatic rings. The van der Waals surface area contributed by atoms with Gasteiger partial charge in [-0.15, -0.1) is 11.3 Å². The molecule has 0 atom stereocenters. The normalized spacial score (nSPS) is 14.0. The first-order valence-corrected chi connectivity index (χ1v) is 9.14. The van der Waals surface area contributed by atoms with Gasteiger partial charge in [-0.2, -0.15) is 4.98 Å². The lowest BCUT2D eigenvalue weighted by atomic mass is 9.97. The second-order valence-corrected chi connectivity index (χ2v) is 7.47. The smallest absolute Gasteiger partial charge is 0.225 e. The summed E-state index contributed by atoms with van der Waals surface area (Å²) < 4.78 is 0. The monoisotopic (exact) mass is 343 g/mol. The summed E-state index contributed by atoms with van der Waals surface area (Å²) >= 11 is 7.98. The quantitative estimate of drug-likeness (QED) is 0.636. The molecule has 5 heteroatoms. The summed E-state index contributed by atoms with van der Waals surface area (Å²) in [6.07, 6.45) is 4.82. The largest absolute Gasteiger partial charge is 0.355 e. The summed E-state index contributed by atoms with van der Waals surface area (Å²) in [6.45, 7) is 0.813. The molecule has 23 heavy (non-hydrogen) atoms. The molecule has 3 aromatic rings. The van der Waals surface area contributed by atoms with Crippen molar-refractivity contribution < 1.29 is 0 Å². The molecule has 4 rings (SSSR count). The summed E-state index contributed by atoms with van der Waals surface area (Å²) in [7, 11) is 2.08. The molecule has 1 aromatic carbocycles. The molecule has 0 bridgehead atoms. The van der Waals surface area contributed by atoms with Crippen LogP contribution in [0.2, 0.25) is 5.28 Å². The SMILES string of the molecule is CN(Cc1ccccc1)c1nc(Cl)nc2sc3c(c12)CCCC3. The number of nitrogens with zero attached hydrogens (tertiary/aromatic N) is 3. The van der Waals surface area contributed by atoms with E-state index >= 15 is 0 Å². The minimum absolute atomic E-state index is 0.339. The molecule has 0 unspecified atom stereocenters. The van der Waals surface area contributed by atoms with Gasteiger partial charge >= 0.3 is 0 Å². The Morgan fingerprint density at radius 1 is 1.13 bits per heavy atom. The Morgan fingerprint density at radius 3 is 2.74 bits per heavy atom. The average molecular weight is 344 g/mol. The Balaban J connectivity index is 1.80. The van der Waals surface area contributed by atoms with E-state index in [9.17, 15) is 0 Å². The molecule has 0 aliphatic heterocycles. The zero-order valence-corrected chi connectivity index (χ0v) is 14.6. The van der Waals surface area contributed by atoms with Crippen molar-refractivity contribution in [2.45, 2.75) is 32.2 Å². The molecule has 0 spiro atoms. The molecule has 3 nitrogen and oxygen atoms in total. The van der Waals surface area contributed by atoms with Crippen LogP contribution in [-0.4, -0.2) is 17.0 Å². The van der Waals surface area contributed by atoms with Crippen LogP contribution in [-0.2, 0) is 19.4 Å². The van der Waals surface area contributed by atoms with Crippen molar-refractivity contribution >= 4 is 39.0 Å². The number of anilines is 1. The summed E-state index contributed by atoms with van der Waals surface area (Å²) in [4.78, 5) is 13.7. The summed E-state index contributed by atoms with van der Waals surface area (Å²) in [5, 5.41) is 1.55. The van der Waals surface area contributed by atoms with Gasteiger partial charge in [0.25, 0.3) is 0 Å². The number of hydrogen-bond acceptors (Lipinski definition) is 4. The third kappa shape index (κ3) is 2.81. The van der Waals surface area contributed by atoms with E-state index in [0.29, 0.717) is 5.28 Å². The predicted molar refractivity (Wildman–Crippen MR) is 97.6 cm³/mol. The van der Waals surface area contributed by atoms with E-state index in [1.807, 2.05) is 6.07 Å². The van der Waals surface area contributed by atoms with Crippen LogP contribution < -0.4 is 4.90 Å². The fraction of sp³-hybridized carbons (Fsp3) is 0.333. The van der Waals surface area contributed by atoms with E-state index in [1.165, 1.54) is 34.2 Å². The minimum atomic E-state index is 0.339. The van der Waals surface area contributed by atoms with Gasteiger partial charge in [-0.25, -0.2) is 4.98 Å². The number of fused-ring (bicyclic) bond motifs is 3. The molecule has 0 saturated heterocycles. The first-order chi connectivity index (χ1) is 11.2. The topological polar surface area (TPSA) is 29.0 Å². The second kappa shape index (κ2) is 6.10. The summed E-state index contributed by atoms with van der Waals surface area (Å²) in [5.74, 6) is 0.961. The minimum Gasteiger partial charge on any atom is -0.355 e. The Kier molecular flexibility index (Phi) is 3.95. The number of halogens is 1. The maximum Gasteiger partial charge on any atom is 0.225 e.